The van der Waals surface area contributed by atoms with Gasteiger partial charge in [-0.25, -0.2) is 0 Å². The smallest absolute Gasteiger partial charge is 0.234 e. The van der Waals surface area contributed by atoms with Gasteiger partial charge in [-0.1, -0.05) is 56.0 Å². The van der Waals surface area contributed by atoms with Crippen molar-refractivity contribution in [2.45, 2.75) is 51.9 Å². The van der Waals surface area contributed by atoms with E-state index in [1.165, 1.54) is 24.8 Å². The molecule has 21 heavy (non-hydrogen) atoms. The van der Waals surface area contributed by atoms with E-state index >= 15 is 0 Å². The van der Waals surface area contributed by atoms with Crippen molar-refractivity contribution in [2.75, 3.05) is 0 Å². The fourth-order valence-electron chi connectivity index (χ4n) is 3.90. The number of benzene rings is 1. The summed E-state index contributed by atoms with van der Waals surface area (Å²) in [4.78, 5) is 24.3. The summed E-state index contributed by atoms with van der Waals surface area (Å²) in [6.07, 6.45) is 5.20. The van der Waals surface area contributed by atoms with Crippen LogP contribution in [0.1, 0.15) is 56.1 Å². The number of hydrogen-bond donors (Lipinski definition) is 1. The average molecular weight is 285 g/mol. The first-order valence-electron chi connectivity index (χ1n) is 7.88. The van der Waals surface area contributed by atoms with E-state index in [1.54, 1.807) is 0 Å². The van der Waals surface area contributed by atoms with Crippen molar-refractivity contribution in [1.29, 1.82) is 0 Å². The van der Waals surface area contributed by atoms with Crippen molar-refractivity contribution in [3.63, 3.8) is 0 Å². The zero-order valence-corrected chi connectivity index (χ0v) is 12.8. The predicted molar refractivity (Wildman–Crippen MR) is 81.8 cm³/mol. The molecule has 1 saturated carbocycles. The molecule has 2 atom stereocenters. The van der Waals surface area contributed by atoms with Crippen LogP contribution in [0.2, 0.25) is 0 Å². The minimum Gasteiger partial charge on any atom is -0.296 e. The molecular weight excluding hydrogens is 262 g/mol. The topological polar surface area (TPSA) is 46.2 Å². The number of carbonyl (C=O) groups is 2. The Balaban J connectivity index is 1.93. The standard InChI is InChI=1S/C18H23NO2/c1-12-6-8-14(9-7-12)16-17(21)19-15(20)11-18(16,2)10-13-4-3-5-13/h6-9,13,16H,3-5,10-11H2,1-2H3,(H,19,20,21). The Hall–Kier alpha value is -1.64. The zero-order valence-electron chi connectivity index (χ0n) is 12.8. The number of amides is 2. The third-order valence-corrected chi connectivity index (χ3v) is 5.18. The average Bonchev–Trinajstić information content (AvgIpc) is 2.35. The molecule has 3 nitrogen and oxygen atoms in total. The summed E-state index contributed by atoms with van der Waals surface area (Å²) in [5.74, 6) is 0.222. The number of rotatable bonds is 3. The molecule has 0 bridgehead atoms. The summed E-state index contributed by atoms with van der Waals surface area (Å²) < 4.78 is 0. The van der Waals surface area contributed by atoms with Gasteiger partial charge in [0.1, 0.15) is 0 Å². The van der Waals surface area contributed by atoms with Crippen molar-refractivity contribution in [2.24, 2.45) is 11.3 Å². The molecule has 0 radical (unpaired) electrons. The lowest BCUT2D eigenvalue weighted by atomic mass is 9.62. The second kappa shape index (κ2) is 5.28. The second-order valence-electron chi connectivity index (χ2n) is 7.09. The molecule has 1 saturated heterocycles. The van der Waals surface area contributed by atoms with Gasteiger partial charge in [-0.3, -0.25) is 14.9 Å². The van der Waals surface area contributed by atoms with Crippen molar-refractivity contribution in [1.82, 2.24) is 5.32 Å². The normalized spacial score (nSPS) is 29.9. The zero-order chi connectivity index (χ0) is 15.0. The SMILES string of the molecule is Cc1ccc(C2C(=O)NC(=O)CC2(C)CC2CCC2)cc1. The first-order chi connectivity index (χ1) is 9.98. The van der Waals surface area contributed by atoms with Crippen LogP contribution in [0.4, 0.5) is 0 Å². The minimum absolute atomic E-state index is 0.120. The molecule has 1 aliphatic heterocycles. The fraction of sp³-hybridized carbons (Fsp3) is 0.556. The van der Waals surface area contributed by atoms with Gasteiger partial charge >= 0.3 is 0 Å². The van der Waals surface area contributed by atoms with E-state index in [4.69, 9.17) is 0 Å². The molecule has 1 aromatic rings. The van der Waals surface area contributed by atoms with Crippen LogP contribution < -0.4 is 5.32 Å². The Morgan fingerprint density at radius 3 is 2.43 bits per heavy atom. The van der Waals surface area contributed by atoms with E-state index in [9.17, 15) is 9.59 Å². The largest absolute Gasteiger partial charge is 0.296 e. The van der Waals surface area contributed by atoms with Gasteiger partial charge in [0.05, 0.1) is 5.92 Å². The number of carbonyl (C=O) groups excluding carboxylic acids is 2. The maximum Gasteiger partial charge on any atom is 0.234 e. The van der Waals surface area contributed by atoms with Gasteiger partial charge in [-0.15, -0.1) is 0 Å². The van der Waals surface area contributed by atoms with Gasteiger partial charge in [0.2, 0.25) is 11.8 Å². The van der Waals surface area contributed by atoms with E-state index in [2.05, 4.69) is 12.2 Å². The molecule has 3 rings (SSSR count). The Morgan fingerprint density at radius 1 is 1.19 bits per heavy atom. The molecule has 1 aromatic carbocycles. The van der Waals surface area contributed by atoms with E-state index in [0.717, 1.165) is 12.0 Å². The van der Waals surface area contributed by atoms with E-state index in [1.807, 2.05) is 31.2 Å². The third-order valence-electron chi connectivity index (χ3n) is 5.18. The Morgan fingerprint density at radius 2 is 1.86 bits per heavy atom. The lowest BCUT2D eigenvalue weighted by molar-refractivity contribution is -0.140. The summed E-state index contributed by atoms with van der Waals surface area (Å²) >= 11 is 0. The van der Waals surface area contributed by atoms with Crippen LogP contribution in [-0.2, 0) is 9.59 Å². The quantitative estimate of drug-likeness (QED) is 0.866. The summed E-state index contributed by atoms with van der Waals surface area (Å²) in [5.41, 5.74) is 1.97. The van der Waals surface area contributed by atoms with Crippen LogP contribution in [0.5, 0.6) is 0 Å². The highest BCUT2D eigenvalue weighted by atomic mass is 16.2. The van der Waals surface area contributed by atoms with E-state index < -0.39 is 0 Å². The van der Waals surface area contributed by atoms with Crippen LogP contribution in [0.15, 0.2) is 24.3 Å². The molecule has 1 heterocycles. The summed E-state index contributed by atoms with van der Waals surface area (Å²) in [5, 5.41) is 2.53. The van der Waals surface area contributed by atoms with Crippen molar-refractivity contribution >= 4 is 11.8 Å². The van der Waals surface area contributed by atoms with Crippen molar-refractivity contribution < 1.29 is 9.59 Å². The first kappa shape index (κ1) is 14.3. The van der Waals surface area contributed by atoms with Gasteiger partial charge in [0.15, 0.2) is 0 Å². The van der Waals surface area contributed by atoms with Gasteiger partial charge in [0, 0.05) is 6.42 Å². The molecular formula is C18H23NO2. The molecule has 112 valence electrons. The molecule has 1 N–H and O–H groups in total. The summed E-state index contributed by atoms with van der Waals surface area (Å²) in [7, 11) is 0. The van der Waals surface area contributed by atoms with E-state index in [0.29, 0.717) is 12.3 Å². The highest BCUT2D eigenvalue weighted by molar-refractivity contribution is 6.02. The highest BCUT2D eigenvalue weighted by Gasteiger charge is 2.47. The number of piperidine rings is 1. The number of aryl methyl sites for hydroxylation is 1. The highest BCUT2D eigenvalue weighted by Crippen LogP contribution is 2.49. The van der Waals surface area contributed by atoms with Crippen LogP contribution in [0.3, 0.4) is 0 Å². The molecule has 2 amide bonds. The Bertz CT molecular complexity index is 559. The molecule has 2 unspecified atom stereocenters. The first-order valence-corrected chi connectivity index (χ1v) is 7.88. The van der Waals surface area contributed by atoms with Gasteiger partial charge in [-0.05, 0) is 30.2 Å². The predicted octanol–water partition coefficient (Wildman–Crippen LogP) is 3.32. The maximum absolute atomic E-state index is 12.5. The van der Waals surface area contributed by atoms with Crippen LogP contribution in [-0.4, -0.2) is 11.8 Å². The summed E-state index contributed by atoms with van der Waals surface area (Å²) in [6.45, 7) is 4.16. The van der Waals surface area contributed by atoms with Gasteiger partial charge in [0.25, 0.3) is 0 Å². The number of hydrogen-bond acceptors (Lipinski definition) is 2. The molecule has 1 aliphatic carbocycles. The monoisotopic (exact) mass is 285 g/mol. The third kappa shape index (κ3) is 2.74. The van der Waals surface area contributed by atoms with Gasteiger partial charge < -0.3 is 0 Å². The lowest BCUT2D eigenvalue weighted by Gasteiger charge is -2.44. The molecule has 0 spiro atoms. The molecule has 0 aromatic heterocycles. The number of nitrogens with one attached hydrogen (secondary N) is 1. The minimum atomic E-state index is -0.250. The summed E-state index contributed by atoms with van der Waals surface area (Å²) in [6, 6.07) is 8.16. The van der Waals surface area contributed by atoms with Crippen LogP contribution >= 0.6 is 0 Å². The molecule has 2 fully saturated rings. The Labute approximate surface area is 126 Å². The van der Waals surface area contributed by atoms with Crippen LogP contribution in [0, 0.1) is 18.3 Å². The maximum atomic E-state index is 12.5. The van der Waals surface area contributed by atoms with E-state index in [-0.39, 0.29) is 23.1 Å². The van der Waals surface area contributed by atoms with Crippen molar-refractivity contribution in [3.8, 4) is 0 Å². The van der Waals surface area contributed by atoms with Crippen LogP contribution in [0.25, 0.3) is 0 Å². The fourth-order valence-corrected chi connectivity index (χ4v) is 3.90. The number of imide groups is 1. The van der Waals surface area contributed by atoms with Crippen molar-refractivity contribution in [3.05, 3.63) is 35.4 Å². The lowest BCUT2D eigenvalue weighted by Crippen LogP contribution is -2.50. The van der Waals surface area contributed by atoms with Gasteiger partial charge in [-0.2, -0.15) is 0 Å². The molecule has 2 aliphatic rings. The molecule has 3 heteroatoms. The Kier molecular flexibility index (Phi) is 3.60. The second-order valence-corrected chi connectivity index (χ2v) is 7.09.